The first-order valence-corrected chi connectivity index (χ1v) is 7.60. The average Bonchev–Trinajstić information content (AvgIpc) is 2.75. The Morgan fingerprint density at radius 2 is 2.10 bits per heavy atom. The van der Waals surface area contributed by atoms with Crippen LogP contribution >= 0.6 is 31.9 Å². The lowest BCUT2D eigenvalue weighted by atomic mass is 10.1. The van der Waals surface area contributed by atoms with Crippen LogP contribution in [-0.4, -0.2) is 7.11 Å². The van der Waals surface area contributed by atoms with Gasteiger partial charge in [-0.3, -0.25) is 0 Å². The molecule has 1 unspecified atom stereocenters. The van der Waals surface area contributed by atoms with Crippen LogP contribution in [0.25, 0.3) is 0 Å². The van der Waals surface area contributed by atoms with E-state index in [1.54, 1.807) is 6.07 Å². The van der Waals surface area contributed by atoms with Gasteiger partial charge >= 0.3 is 0 Å². The highest BCUT2D eigenvalue weighted by Crippen LogP contribution is 2.27. The fourth-order valence-electron chi connectivity index (χ4n) is 1.80. The van der Waals surface area contributed by atoms with Crippen LogP contribution in [-0.2, 0) is 6.54 Å². The highest BCUT2D eigenvalue weighted by Gasteiger charge is 2.11. The number of benzene rings is 1. The molecule has 108 valence electrons. The van der Waals surface area contributed by atoms with Gasteiger partial charge in [-0.2, -0.15) is 0 Å². The molecule has 0 spiro atoms. The molecule has 20 heavy (non-hydrogen) atoms. The number of halogens is 3. The molecular formula is C14H14Br2FNO2. The lowest BCUT2D eigenvalue weighted by Crippen LogP contribution is -2.17. The third kappa shape index (κ3) is 3.62. The van der Waals surface area contributed by atoms with Crippen LogP contribution in [0.2, 0.25) is 0 Å². The van der Waals surface area contributed by atoms with E-state index in [1.807, 2.05) is 19.1 Å². The van der Waals surface area contributed by atoms with E-state index >= 15 is 0 Å². The highest BCUT2D eigenvalue weighted by atomic mass is 79.9. The van der Waals surface area contributed by atoms with Crippen LogP contribution in [0, 0.1) is 5.82 Å². The Morgan fingerprint density at radius 1 is 1.35 bits per heavy atom. The molecule has 0 aliphatic heterocycles. The molecule has 0 radical (unpaired) electrons. The van der Waals surface area contributed by atoms with Gasteiger partial charge < -0.3 is 14.5 Å². The smallest absolute Gasteiger partial charge is 0.183 e. The van der Waals surface area contributed by atoms with Gasteiger partial charge in [0.15, 0.2) is 16.2 Å². The fraction of sp³-hybridized carbons (Fsp3) is 0.286. The van der Waals surface area contributed by atoms with Gasteiger partial charge in [-0.25, -0.2) is 4.39 Å². The number of hydrogen-bond acceptors (Lipinski definition) is 3. The van der Waals surface area contributed by atoms with Gasteiger partial charge in [-0.1, -0.05) is 6.07 Å². The predicted octanol–water partition coefficient (Wildman–Crippen LogP) is 4.80. The molecule has 0 bridgehead atoms. The molecule has 0 saturated heterocycles. The summed E-state index contributed by atoms with van der Waals surface area (Å²) in [6, 6.07) is 6.83. The molecule has 2 aromatic rings. The Hall–Kier alpha value is -0.850. The van der Waals surface area contributed by atoms with Gasteiger partial charge in [0.25, 0.3) is 0 Å². The lowest BCUT2D eigenvalue weighted by molar-refractivity contribution is 0.385. The summed E-state index contributed by atoms with van der Waals surface area (Å²) in [7, 11) is 1.45. The summed E-state index contributed by atoms with van der Waals surface area (Å²) < 4.78 is 25.6. The van der Waals surface area contributed by atoms with Crippen LogP contribution in [0.15, 0.2) is 37.8 Å². The molecular weight excluding hydrogens is 393 g/mol. The lowest BCUT2D eigenvalue weighted by Gasteiger charge is -2.14. The second-order valence-electron chi connectivity index (χ2n) is 4.33. The molecule has 1 atom stereocenters. The molecule has 1 aromatic carbocycles. The van der Waals surface area contributed by atoms with Crippen LogP contribution in [0.4, 0.5) is 4.39 Å². The van der Waals surface area contributed by atoms with Crippen molar-refractivity contribution < 1.29 is 13.5 Å². The van der Waals surface area contributed by atoms with Crippen LogP contribution in [0.5, 0.6) is 5.75 Å². The summed E-state index contributed by atoms with van der Waals surface area (Å²) >= 11 is 6.65. The third-order valence-corrected chi connectivity index (χ3v) is 4.66. The Balaban J connectivity index is 2.01. The Kier molecular flexibility index (Phi) is 5.23. The first kappa shape index (κ1) is 15.5. The van der Waals surface area contributed by atoms with Gasteiger partial charge in [0.2, 0.25) is 0 Å². The molecule has 1 N–H and O–H groups in total. The van der Waals surface area contributed by atoms with Crippen LogP contribution in [0.3, 0.4) is 0 Å². The van der Waals surface area contributed by atoms with Crippen molar-refractivity contribution in [2.24, 2.45) is 0 Å². The zero-order valence-corrected chi connectivity index (χ0v) is 14.2. The van der Waals surface area contributed by atoms with E-state index in [0.717, 1.165) is 15.8 Å². The minimum atomic E-state index is -0.359. The minimum absolute atomic E-state index is 0.00180. The summed E-state index contributed by atoms with van der Waals surface area (Å²) in [5, 5.41) is 3.28. The van der Waals surface area contributed by atoms with Crippen LogP contribution < -0.4 is 10.1 Å². The normalized spacial score (nSPS) is 12.4. The van der Waals surface area contributed by atoms with E-state index in [1.165, 1.54) is 13.2 Å². The topological polar surface area (TPSA) is 34.4 Å². The van der Waals surface area contributed by atoms with E-state index in [2.05, 4.69) is 37.2 Å². The largest absolute Gasteiger partial charge is 0.494 e. The number of hydrogen-bond donors (Lipinski definition) is 1. The molecule has 0 aliphatic rings. The molecule has 2 rings (SSSR count). The van der Waals surface area contributed by atoms with E-state index in [9.17, 15) is 4.39 Å². The molecule has 0 fully saturated rings. The zero-order valence-electron chi connectivity index (χ0n) is 11.0. The fourth-order valence-corrected chi connectivity index (χ4v) is 2.46. The van der Waals surface area contributed by atoms with Gasteiger partial charge in [0.05, 0.1) is 18.1 Å². The average molecular weight is 407 g/mol. The zero-order chi connectivity index (χ0) is 14.7. The summed E-state index contributed by atoms with van der Waals surface area (Å²) in [5.74, 6) is 0.687. The van der Waals surface area contributed by atoms with Crippen molar-refractivity contribution in [1.29, 1.82) is 0 Å². The molecule has 1 aromatic heterocycles. The SMILES string of the molecule is COc1ccc(C(C)NCc2cc(Br)c(Br)o2)cc1F. The summed E-state index contributed by atoms with van der Waals surface area (Å²) in [6.07, 6.45) is 0. The monoisotopic (exact) mass is 405 g/mol. The van der Waals surface area contributed by atoms with E-state index in [4.69, 9.17) is 9.15 Å². The van der Waals surface area contributed by atoms with Crippen molar-refractivity contribution in [2.45, 2.75) is 19.5 Å². The number of furan rings is 1. The molecule has 0 amide bonds. The van der Waals surface area contributed by atoms with Crippen molar-refractivity contribution in [3.05, 3.63) is 50.5 Å². The number of rotatable bonds is 5. The van der Waals surface area contributed by atoms with Crippen molar-refractivity contribution >= 4 is 31.9 Å². The molecule has 1 heterocycles. The van der Waals surface area contributed by atoms with Gasteiger partial charge in [-0.15, -0.1) is 0 Å². The number of methoxy groups -OCH3 is 1. The quantitative estimate of drug-likeness (QED) is 0.774. The van der Waals surface area contributed by atoms with Gasteiger partial charge in [-0.05, 0) is 62.5 Å². The second kappa shape index (κ2) is 6.74. The standard InChI is InChI=1S/C14H14Br2FNO2/c1-8(9-3-4-13(19-2)12(17)5-9)18-7-10-6-11(15)14(16)20-10/h3-6,8,18H,7H2,1-2H3. The van der Waals surface area contributed by atoms with Crippen LogP contribution in [0.1, 0.15) is 24.3 Å². The van der Waals surface area contributed by atoms with E-state index in [-0.39, 0.29) is 17.6 Å². The van der Waals surface area contributed by atoms with Crippen molar-refractivity contribution in [3.63, 3.8) is 0 Å². The molecule has 6 heteroatoms. The van der Waals surface area contributed by atoms with E-state index < -0.39 is 0 Å². The molecule has 3 nitrogen and oxygen atoms in total. The predicted molar refractivity (Wildman–Crippen MR) is 82.3 cm³/mol. The molecule has 0 saturated carbocycles. The first-order chi connectivity index (χ1) is 9.51. The summed E-state index contributed by atoms with van der Waals surface area (Å²) in [4.78, 5) is 0. The third-order valence-electron chi connectivity index (χ3n) is 2.95. The minimum Gasteiger partial charge on any atom is -0.494 e. The van der Waals surface area contributed by atoms with Gasteiger partial charge in [0.1, 0.15) is 5.76 Å². The summed E-state index contributed by atoms with van der Waals surface area (Å²) in [5.41, 5.74) is 0.855. The number of ether oxygens (including phenoxy) is 1. The summed E-state index contributed by atoms with van der Waals surface area (Å²) in [6.45, 7) is 2.52. The Bertz CT molecular complexity index is 581. The number of nitrogens with one attached hydrogen (secondary N) is 1. The second-order valence-corrected chi connectivity index (χ2v) is 5.91. The van der Waals surface area contributed by atoms with Crippen molar-refractivity contribution in [1.82, 2.24) is 5.32 Å². The first-order valence-electron chi connectivity index (χ1n) is 6.01. The van der Waals surface area contributed by atoms with Crippen molar-refractivity contribution in [2.75, 3.05) is 7.11 Å². The Morgan fingerprint density at radius 3 is 2.65 bits per heavy atom. The highest BCUT2D eigenvalue weighted by molar-refractivity contribution is 9.13. The van der Waals surface area contributed by atoms with Crippen molar-refractivity contribution in [3.8, 4) is 5.75 Å². The maximum absolute atomic E-state index is 13.6. The maximum Gasteiger partial charge on any atom is 0.183 e. The Labute approximate surface area is 133 Å². The van der Waals surface area contributed by atoms with E-state index in [0.29, 0.717) is 11.2 Å². The molecule has 0 aliphatic carbocycles. The van der Waals surface area contributed by atoms with Gasteiger partial charge in [0, 0.05) is 6.04 Å². The maximum atomic E-state index is 13.6.